The third kappa shape index (κ3) is 14.6. The lowest BCUT2D eigenvalue weighted by atomic mass is 9.78. The number of carbonyl (C=O) groups excluding carboxylic acids is 2. The van der Waals surface area contributed by atoms with E-state index >= 15 is 0 Å². The van der Waals surface area contributed by atoms with Crippen molar-refractivity contribution in [3.8, 4) is 0 Å². The molecule has 5 aliphatic heterocycles. The molecule has 0 aromatic rings. The van der Waals surface area contributed by atoms with Gasteiger partial charge in [-0.25, -0.2) is 0 Å². The molecule has 5 rings (SSSR count). The Morgan fingerprint density at radius 2 is 1.51 bits per heavy atom. The lowest BCUT2D eigenvalue weighted by molar-refractivity contribution is -0.251. The summed E-state index contributed by atoms with van der Waals surface area (Å²) in [5, 5.41) is 0.0538. The third-order valence-electron chi connectivity index (χ3n) is 17.7. The van der Waals surface area contributed by atoms with E-state index in [-0.39, 0.29) is 107 Å². The number of hydrogen-bond donors (Lipinski definition) is 0. The summed E-state index contributed by atoms with van der Waals surface area (Å²) in [4.78, 5) is 25.4. The summed E-state index contributed by atoms with van der Waals surface area (Å²) in [7, 11) is -4.41. The Balaban J connectivity index is 1.28. The number of aldehydes is 1. The van der Waals surface area contributed by atoms with Crippen LogP contribution in [0.4, 0.5) is 0 Å². The van der Waals surface area contributed by atoms with Crippen LogP contribution in [0.2, 0.25) is 36.3 Å². The van der Waals surface area contributed by atoms with Crippen LogP contribution in [0, 0.1) is 29.6 Å². The number of halogens is 1. The molecular weight excluding hydrogens is 988 g/mol. The van der Waals surface area contributed by atoms with Gasteiger partial charge in [0.25, 0.3) is 0 Å². The fraction of sp³-hybridized carbons (Fsp3) is 0.855. The second-order valence-electron chi connectivity index (χ2n) is 24.9. The number of fused-ring (bicyclic) bond motifs is 1. The molecule has 0 aliphatic carbocycles. The summed E-state index contributed by atoms with van der Waals surface area (Å²) in [6.45, 7) is 43.3. The molecule has 67 heavy (non-hydrogen) atoms. The van der Waals surface area contributed by atoms with Crippen LogP contribution in [0.15, 0.2) is 34.5 Å². The highest BCUT2D eigenvalue weighted by Crippen LogP contribution is 2.47. The molecule has 0 saturated carbocycles. The van der Waals surface area contributed by atoms with Gasteiger partial charge >= 0.3 is 0 Å². The number of rotatable bonds is 21. The standard InChI is InChI=1S/C55H95IO9Si2/c1-18-34(2)28-48-38(6)44(50(62-48)33-49-37(5)35(3)29-42(60-49)21-23-45-36(4)30-41(59-45)20-19-27-57)32-40(58)31-43-22-24-46-51(61-43)39(7)52(65-67(16,17)55(11,12)13)53(63-46)47(25-26-56)64-66(14,15)54(8,9)10/h25-27,34-35,38-39,41-53H,4-5,18-24,28-33H2,1-3,6-17H3/b26-25+/t34-,35+,38+,39+,41+,42+,43-,44-,45+,46+,47+,48-,49-,50+,51+,52+,53-/m1/s1. The van der Waals surface area contributed by atoms with Crippen LogP contribution in [0.25, 0.3) is 0 Å². The fourth-order valence-corrected chi connectivity index (χ4v) is 13.9. The van der Waals surface area contributed by atoms with Crippen molar-refractivity contribution in [2.75, 3.05) is 0 Å². The van der Waals surface area contributed by atoms with Crippen molar-refractivity contribution < 1.29 is 42.1 Å². The minimum absolute atomic E-state index is 0.0122. The van der Waals surface area contributed by atoms with E-state index in [0.717, 1.165) is 75.2 Å². The number of Topliss-reactive ketones (excluding diaryl/α,β-unsaturated/α-hetero) is 1. The molecule has 0 N–H and O–H groups in total. The molecule has 0 bridgehead atoms. The van der Waals surface area contributed by atoms with Crippen LogP contribution in [-0.2, 0) is 42.1 Å². The zero-order valence-corrected chi connectivity index (χ0v) is 48.9. The van der Waals surface area contributed by atoms with Crippen molar-refractivity contribution in [1.82, 2.24) is 0 Å². The normalized spacial score (nSPS) is 36.6. The van der Waals surface area contributed by atoms with Gasteiger partial charge < -0.3 is 37.3 Å². The molecule has 5 heterocycles. The summed E-state index contributed by atoms with van der Waals surface area (Å²) in [5.41, 5.74) is 2.26. The Morgan fingerprint density at radius 1 is 0.836 bits per heavy atom. The van der Waals surface area contributed by atoms with E-state index in [2.05, 4.69) is 148 Å². The van der Waals surface area contributed by atoms with E-state index in [1.54, 1.807) is 0 Å². The summed E-state index contributed by atoms with van der Waals surface area (Å²) in [6, 6.07) is 0. The minimum atomic E-state index is -2.24. The maximum atomic E-state index is 14.5. The van der Waals surface area contributed by atoms with Crippen molar-refractivity contribution >= 4 is 51.3 Å². The maximum absolute atomic E-state index is 14.5. The van der Waals surface area contributed by atoms with E-state index in [0.29, 0.717) is 37.5 Å². The Kier molecular flexibility index (Phi) is 20.5. The lowest BCUT2D eigenvalue weighted by Gasteiger charge is -2.54. The zero-order valence-electron chi connectivity index (χ0n) is 44.7. The van der Waals surface area contributed by atoms with Crippen LogP contribution in [0.5, 0.6) is 0 Å². The largest absolute Gasteiger partial charge is 0.411 e. The van der Waals surface area contributed by atoms with Crippen LogP contribution >= 0.6 is 22.6 Å². The first-order valence-corrected chi connectivity index (χ1v) is 33.5. The van der Waals surface area contributed by atoms with Gasteiger partial charge in [-0.05, 0) is 133 Å². The summed E-state index contributed by atoms with van der Waals surface area (Å²) < 4.78 is 51.1. The number of ketones is 1. The van der Waals surface area contributed by atoms with Gasteiger partial charge in [-0.15, -0.1) is 0 Å². The molecule has 9 nitrogen and oxygen atoms in total. The average Bonchev–Trinajstić information content (AvgIpc) is 3.73. The van der Waals surface area contributed by atoms with E-state index < -0.39 is 16.6 Å². The molecule has 0 aromatic carbocycles. The number of hydrogen-bond acceptors (Lipinski definition) is 9. The predicted molar refractivity (Wildman–Crippen MR) is 286 cm³/mol. The molecule has 5 saturated heterocycles. The molecule has 17 atom stereocenters. The number of carbonyl (C=O) groups is 2. The highest BCUT2D eigenvalue weighted by atomic mass is 127. The molecule has 0 radical (unpaired) electrons. The topological polar surface area (TPSA) is 98.8 Å². The zero-order chi connectivity index (χ0) is 49.8. The molecule has 5 fully saturated rings. The summed E-state index contributed by atoms with van der Waals surface area (Å²) >= 11 is 2.31. The third-order valence-corrected chi connectivity index (χ3v) is 27.1. The average molecular weight is 1080 g/mol. The Bertz CT molecular complexity index is 1690. The molecular formula is C55H95IO9Si2. The second-order valence-corrected chi connectivity index (χ2v) is 35.1. The van der Waals surface area contributed by atoms with Gasteiger partial charge in [-0.3, -0.25) is 4.79 Å². The van der Waals surface area contributed by atoms with Crippen molar-refractivity contribution in [3.63, 3.8) is 0 Å². The van der Waals surface area contributed by atoms with Crippen molar-refractivity contribution in [2.24, 2.45) is 29.6 Å². The quantitative estimate of drug-likeness (QED) is 0.0482. The molecule has 5 aliphatic rings. The minimum Gasteiger partial charge on any atom is -0.411 e. The summed E-state index contributed by atoms with van der Waals surface area (Å²) in [6.07, 6.45) is 12.1. The predicted octanol–water partition coefficient (Wildman–Crippen LogP) is 13.7. The van der Waals surface area contributed by atoms with Gasteiger partial charge in [-0.2, -0.15) is 0 Å². The molecule has 0 amide bonds. The van der Waals surface area contributed by atoms with E-state index in [1.807, 2.05) is 0 Å². The van der Waals surface area contributed by atoms with Crippen molar-refractivity contribution in [3.05, 3.63) is 34.5 Å². The molecule has 12 heteroatoms. The second kappa shape index (κ2) is 24.0. The van der Waals surface area contributed by atoms with Gasteiger partial charge in [0.05, 0.1) is 67.1 Å². The van der Waals surface area contributed by atoms with E-state index in [1.165, 1.54) is 0 Å². The Morgan fingerprint density at radius 3 is 2.13 bits per heavy atom. The first-order valence-electron chi connectivity index (χ1n) is 26.4. The van der Waals surface area contributed by atoms with Gasteiger partial charge in [0.15, 0.2) is 16.6 Å². The Hall–Kier alpha value is -0.556. The highest BCUT2D eigenvalue weighted by Gasteiger charge is 2.54. The first-order chi connectivity index (χ1) is 31.2. The van der Waals surface area contributed by atoms with Crippen LogP contribution in [0.1, 0.15) is 160 Å². The van der Waals surface area contributed by atoms with Gasteiger partial charge in [0.1, 0.15) is 18.2 Å². The fourth-order valence-electron chi connectivity index (χ4n) is 10.9. The van der Waals surface area contributed by atoms with Gasteiger partial charge in [-0.1, -0.05) is 118 Å². The highest BCUT2D eigenvalue weighted by molar-refractivity contribution is 14.1. The van der Waals surface area contributed by atoms with Crippen LogP contribution in [0.3, 0.4) is 0 Å². The monoisotopic (exact) mass is 1080 g/mol. The maximum Gasteiger partial charge on any atom is 0.193 e. The molecule has 0 spiro atoms. The van der Waals surface area contributed by atoms with Gasteiger partial charge in [0.2, 0.25) is 0 Å². The van der Waals surface area contributed by atoms with Crippen molar-refractivity contribution in [2.45, 2.75) is 269 Å². The van der Waals surface area contributed by atoms with Crippen LogP contribution in [-0.4, -0.2) is 102 Å². The number of ether oxygens (including phenoxy) is 5. The molecule has 384 valence electrons. The van der Waals surface area contributed by atoms with Gasteiger partial charge in [0, 0.05) is 31.6 Å². The smallest absolute Gasteiger partial charge is 0.193 e. The van der Waals surface area contributed by atoms with Crippen molar-refractivity contribution in [1.29, 1.82) is 0 Å². The molecule has 0 aromatic heterocycles. The molecule has 0 unspecified atom stereocenters. The van der Waals surface area contributed by atoms with Crippen LogP contribution < -0.4 is 0 Å². The SMILES string of the molecule is C=C1C[C@H](CCC=O)O[C@H]1CC[C@H]1C[C@H](C)C(=C)[C@@H](C[C@@H]2O[C@H](C[C@H](C)CC)[C@@H](C)[C@H]2CC(=O)C[C@H]2CC[C@@H]3O[C@H]([C@H](/C=C/I)O[Si](C)(C)C(C)(C)C)[C@@H](O[Si](C)(C)C(C)(C)C)[C@@H](C)[C@@H]3O2)O1. The first kappa shape index (κ1) is 57.3. The van der Waals surface area contributed by atoms with E-state index in [4.69, 9.17) is 32.5 Å². The summed E-state index contributed by atoms with van der Waals surface area (Å²) in [5.74, 6) is 1.50. The van der Waals surface area contributed by atoms with E-state index in [9.17, 15) is 9.59 Å². The Labute approximate surface area is 424 Å². The lowest BCUT2D eigenvalue weighted by Crippen LogP contribution is -2.64.